The van der Waals surface area contributed by atoms with Gasteiger partial charge in [0, 0.05) is 21.4 Å². The first kappa shape index (κ1) is 16.9. The van der Waals surface area contributed by atoms with Crippen LogP contribution in [0.25, 0.3) is 0 Å². The first-order valence-electron chi connectivity index (χ1n) is 6.59. The van der Waals surface area contributed by atoms with Gasteiger partial charge in [-0.15, -0.1) is 0 Å². The van der Waals surface area contributed by atoms with E-state index in [4.69, 9.17) is 0 Å². The van der Waals surface area contributed by atoms with Gasteiger partial charge in [0.15, 0.2) is 0 Å². The number of hydrogen-bond donors (Lipinski definition) is 2. The van der Waals surface area contributed by atoms with E-state index >= 15 is 0 Å². The SMILES string of the molecule is CCNS(=O)(=O)c1cccc(C(=O)Nc2ccc(I)cc2)c1. The fourth-order valence-corrected chi connectivity index (χ4v) is 3.26. The second-order valence-corrected chi connectivity index (χ2v) is 7.50. The highest BCUT2D eigenvalue weighted by Gasteiger charge is 2.15. The van der Waals surface area contributed by atoms with Crippen LogP contribution >= 0.6 is 22.6 Å². The molecule has 0 heterocycles. The molecule has 0 aliphatic carbocycles. The number of rotatable bonds is 5. The van der Waals surface area contributed by atoms with Crippen LogP contribution in [-0.4, -0.2) is 20.9 Å². The summed E-state index contributed by atoms with van der Waals surface area (Å²) in [6, 6.07) is 13.3. The molecule has 2 N–H and O–H groups in total. The Kier molecular flexibility index (Phi) is 5.54. The fraction of sp³-hybridized carbons (Fsp3) is 0.133. The maximum Gasteiger partial charge on any atom is 0.255 e. The Morgan fingerprint density at radius 1 is 1.14 bits per heavy atom. The summed E-state index contributed by atoms with van der Waals surface area (Å²) < 4.78 is 27.4. The molecule has 0 saturated heterocycles. The topological polar surface area (TPSA) is 75.3 Å². The van der Waals surface area contributed by atoms with Crippen LogP contribution in [-0.2, 0) is 10.0 Å². The molecule has 0 spiro atoms. The van der Waals surface area contributed by atoms with Crippen molar-refractivity contribution in [2.75, 3.05) is 11.9 Å². The molecule has 1 amide bonds. The van der Waals surface area contributed by atoms with Crippen molar-refractivity contribution in [3.8, 4) is 0 Å². The lowest BCUT2D eigenvalue weighted by Gasteiger charge is -2.08. The molecule has 2 rings (SSSR count). The monoisotopic (exact) mass is 430 g/mol. The van der Waals surface area contributed by atoms with E-state index < -0.39 is 10.0 Å². The van der Waals surface area contributed by atoms with Crippen LogP contribution in [0.5, 0.6) is 0 Å². The highest BCUT2D eigenvalue weighted by atomic mass is 127. The lowest BCUT2D eigenvalue weighted by Crippen LogP contribution is -2.23. The molecule has 0 radical (unpaired) electrons. The Morgan fingerprint density at radius 2 is 1.82 bits per heavy atom. The number of carbonyl (C=O) groups excluding carboxylic acids is 1. The highest BCUT2D eigenvalue weighted by molar-refractivity contribution is 14.1. The third-order valence-electron chi connectivity index (χ3n) is 2.84. The van der Waals surface area contributed by atoms with Gasteiger partial charge in [-0.1, -0.05) is 13.0 Å². The number of halogens is 1. The van der Waals surface area contributed by atoms with Crippen LogP contribution in [0.1, 0.15) is 17.3 Å². The zero-order chi connectivity index (χ0) is 16.2. The molecule has 0 bridgehead atoms. The van der Waals surface area contributed by atoms with Gasteiger partial charge in [-0.3, -0.25) is 4.79 Å². The largest absolute Gasteiger partial charge is 0.322 e. The number of benzene rings is 2. The summed E-state index contributed by atoms with van der Waals surface area (Å²) in [5.74, 6) is -0.352. The Bertz CT molecular complexity index is 774. The third kappa shape index (κ3) is 4.28. The molecular formula is C15H15IN2O3S. The van der Waals surface area contributed by atoms with Crippen molar-refractivity contribution in [3.05, 3.63) is 57.7 Å². The average molecular weight is 430 g/mol. The number of carbonyl (C=O) groups is 1. The third-order valence-corrected chi connectivity index (χ3v) is 5.11. The summed E-state index contributed by atoms with van der Waals surface area (Å²) in [6.45, 7) is 1.99. The van der Waals surface area contributed by atoms with Crippen molar-refractivity contribution in [2.24, 2.45) is 0 Å². The van der Waals surface area contributed by atoms with Crippen molar-refractivity contribution in [1.82, 2.24) is 4.72 Å². The van der Waals surface area contributed by atoms with Gasteiger partial charge >= 0.3 is 0 Å². The molecule has 7 heteroatoms. The van der Waals surface area contributed by atoms with Crippen molar-refractivity contribution >= 4 is 44.2 Å². The molecule has 0 atom stereocenters. The molecule has 2 aromatic rings. The van der Waals surface area contributed by atoms with E-state index in [1.165, 1.54) is 12.1 Å². The molecule has 0 aliphatic rings. The predicted molar refractivity (Wildman–Crippen MR) is 94.4 cm³/mol. The van der Waals surface area contributed by atoms with E-state index in [2.05, 4.69) is 32.6 Å². The molecule has 22 heavy (non-hydrogen) atoms. The number of amides is 1. The maximum atomic E-state index is 12.2. The van der Waals surface area contributed by atoms with Crippen molar-refractivity contribution in [2.45, 2.75) is 11.8 Å². The van der Waals surface area contributed by atoms with E-state index in [0.29, 0.717) is 12.2 Å². The van der Waals surface area contributed by atoms with E-state index in [1.54, 1.807) is 31.2 Å². The smallest absolute Gasteiger partial charge is 0.255 e. The molecule has 116 valence electrons. The standard InChI is InChI=1S/C15H15IN2O3S/c1-2-17-22(20,21)14-5-3-4-11(10-14)15(19)18-13-8-6-12(16)7-9-13/h3-10,17H,2H2,1H3,(H,18,19). The number of nitrogens with one attached hydrogen (secondary N) is 2. The van der Waals surface area contributed by atoms with E-state index in [-0.39, 0.29) is 16.4 Å². The zero-order valence-corrected chi connectivity index (χ0v) is 14.8. The molecule has 2 aromatic carbocycles. The number of sulfonamides is 1. The van der Waals surface area contributed by atoms with E-state index in [9.17, 15) is 13.2 Å². The summed E-state index contributed by atoms with van der Waals surface area (Å²) in [5, 5.41) is 2.74. The van der Waals surface area contributed by atoms with Crippen LogP contribution in [0.4, 0.5) is 5.69 Å². The fourth-order valence-electron chi connectivity index (χ4n) is 1.81. The maximum absolute atomic E-state index is 12.2. The van der Waals surface area contributed by atoms with Crippen LogP contribution in [0, 0.1) is 3.57 Å². The minimum absolute atomic E-state index is 0.0737. The molecule has 0 fully saturated rings. The van der Waals surface area contributed by atoms with Crippen molar-refractivity contribution < 1.29 is 13.2 Å². The van der Waals surface area contributed by atoms with E-state index in [1.807, 2.05) is 12.1 Å². The molecule has 5 nitrogen and oxygen atoms in total. The number of anilines is 1. The van der Waals surface area contributed by atoms with Gasteiger partial charge in [0.05, 0.1) is 4.90 Å². The minimum Gasteiger partial charge on any atom is -0.322 e. The van der Waals surface area contributed by atoms with Gasteiger partial charge < -0.3 is 5.32 Å². The van der Waals surface area contributed by atoms with Gasteiger partial charge in [0.1, 0.15) is 0 Å². The van der Waals surface area contributed by atoms with Crippen LogP contribution in [0.15, 0.2) is 53.4 Å². The predicted octanol–water partition coefficient (Wildman–Crippen LogP) is 2.84. The summed E-state index contributed by atoms with van der Waals surface area (Å²) in [7, 11) is -3.58. The van der Waals surface area contributed by atoms with Gasteiger partial charge in [0.25, 0.3) is 5.91 Å². The van der Waals surface area contributed by atoms with Crippen LogP contribution < -0.4 is 10.0 Å². The molecule has 0 aliphatic heterocycles. The molecular weight excluding hydrogens is 415 g/mol. The second kappa shape index (κ2) is 7.21. The summed E-state index contributed by atoms with van der Waals surface area (Å²) in [5.41, 5.74) is 0.947. The Morgan fingerprint density at radius 3 is 2.45 bits per heavy atom. The van der Waals surface area contributed by atoms with Gasteiger partial charge in [-0.25, -0.2) is 13.1 Å². The first-order chi connectivity index (χ1) is 10.4. The van der Waals surface area contributed by atoms with E-state index in [0.717, 1.165) is 3.57 Å². The lowest BCUT2D eigenvalue weighted by molar-refractivity contribution is 0.102. The molecule has 0 aromatic heterocycles. The normalized spacial score (nSPS) is 11.2. The number of hydrogen-bond acceptors (Lipinski definition) is 3. The Hall–Kier alpha value is -1.45. The summed E-state index contributed by atoms with van der Waals surface area (Å²) in [6.07, 6.45) is 0. The van der Waals surface area contributed by atoms with Crippen LogP contribution in [0.3, 0.4) is 0 Å². The Balaban J connectivity index is 2.22. The van der Waals surface area contributed by atoms with Gasteiger partial charge in [0.2, 0.25) is 10.0 Å². The van der Waals surface area contributed by atoms with Crippen molar-refractivity contribution in [3.63, 3.8) is 0 Å². The molecule has 0 saturated carbocycles. The van der Waals surface area contributed by atoms with Gasteiger partial charge in [-0.05, 0) is 65.1 Å². The first-order valence-corrected chi connectivity index (χ1v) is 9.15. The minimum atomic E-state index is -3.58. The average Bonchev–Trinajstić information content (AvgIpc) is 2.50. The zero-order valence-electron chi connectivity index (χ0n) is 11.8. The second-order valence-electron chi connectivity index (χ2n) is 4.49. The van der Waals surface area contributed by atoms with Gasteiger partial charge in [-0.2, -0.15) is 0 Å². The Labute approximate surface area is 143 Å². The summed E-state index contributed by atoms with van der Waals surface area (Å²) >= 11 is 2.18. The summed E-state index contributed by atoms with van der Waals surface area (Å²) in [4.78, 5) is 12.3. The van der Waals surface area contributed by atoms with Crippen molar-refractivity contribution in [1.29, 1.82) is 0 Å². The lowest BCUT2D eigenvalue weighted by atomic mass is 10.2. The highest BCUT2D eigenvalue weighted by Crippen LogP contribution is 2.15. The quantitative estimate of drug-likeness (QED) is 0.717. The van der Waals surface area contributed by atoms with Crippen LogP contribution in [0.2, 0.25) is 0 Å². The molecule has 0 unspecified atom stereocenters.